The molecule has 0 saturated carbocycles. The quantitative estimate of drug-likeness (QED) is 0.876. The summed E-state index contributed by atoms with van der Waals surface area (Å²) in [5, 5.41) is 0. The Morgan fingerprint density at radius 2 is 2.10 bits per heavy atom. The second-order valence-electron chi connectivity index (χ2n) is 5.12. The minimum Gasteiger partial charge on any atom is -0.467 e. The first kappa shape index (κ1) is 16.6. The molecular formula is C13H19F3N2O2. The summed E-state index contributed by atoms with van der Waals surface area (Å²) in [6.07, 6.45) is -2.79. The second-order valence-corrected chi connectivity index (χ2v) is 5.12. The number of halogens is 3. The third kappa shape index (κ3) is 5.64. The van der Waals surface area contributed by atoms with Crippen LogP contribution in [0.2, 0.25) is 0 Å². The molecule has 1 rings (SSSR count). The molecule has 1 heterocycles. The third-order valence-corrected chi connectivity index (χ3v) is 2.65. The zero-order valence-electron chi connectivity index (χ0n) is 11.5. The Balaban J connectivity index is 2.78. The van der Waals surface area contributed by atoms with Crippen molar-refractivity contribution in [2.24, 2.45) is 11.7 Å². The zero-order valence-corrected chi connectivity index (χ0v) is 11.5. The number of carbonyl (C=O) groups is 1. The lowest BCUT2D eigenvalue weighted by atomic mass is 10.0. The van der Waals surface area contributed by atoms with Gasteiger partial charge in [-0.25, -0.2) is 0 Å². The van der Waals surface area contributed by atoms with E-state index in [9.17, 15) is 18.0 Å². The van der Waals surface area contributed by atoms with Gasteiger partial charge in [-0.05, 0) is 24.5 Å². The predicted molar refractivity (Wildman–Crippen MR) is 67.6 cm³/mol. The Hall–Kier alpha value is -1.50. The van der Waals surface area contributed by atoms with Gasteiger partial charge in [-0.1, -0.05) is 13.8 Å². The average Bonchev–Trinajstić information content (AvgIpc) is 2.77. The minimum absolute atomic E-state index is 0.130. The Labute approximate surface area is 115 Å². The number of amides is 1. The zero-order chi connectivity index (χ0) is 15.3. The van der Waals surface area contributed by atoms with Crippen molar-refractivity contribution in [3.05, 3.63) is 24.2 Å². The fraction of sp³-hybridized carbons (Fsp3) is 0.615. The monoisotopic (exact) mass is 292 g/mol. The van der Waals surface area contributed by atoms with Gasteiger partial charge in [0.2, 0.25) is 5.91 Å². The van der Waals surface area contributed by atoms with Crippen molar-refractivity contribution in [2.75, 3.05) is 6.54 Å². The van der Waals surface area contributed by atoms with E-state index < -0.39 is 24.7 Å². The molecule has 0 spiro atoms. The number of nitrogens with zero attached hydrogens (tertiary/aromatic N) is 1. The van der Waals surface area contributed by atoms with E-state index in [0.717, 1.165) is 0 Å². The lowest BCUT2D eigenvalue weighted by Gasteiger charge is -2.26. The highest BCUT2D eigenvalue weighted by atomic mass is 19.4. The van der Waals surface area contributed by atoms with E-state index in [1.807, 2.05) is 13.8 Å². The van der Waals surface area contributed by atoms with Crippen molar-refractivity contribution in [1.29, 1.82) is 0 Å². The maximum Gasteiger partial charge on any atom is 0.406 e. The molecule has 0 bridgehead atoms. The molecule has 0 radical (unpaired) electrons. The summed E-state index contributed by atoms with van der Waals surface area (Å²) in [4.78, 5) is 12.7. The minimum atomic E-state index is -4.47. The van der Waals surface area contributed by atoms with E-state index in [2.05, 4.69) is 0 Å². The van der Waals surface area contributed by atoms with Gasteiger partial charge in [0, 0.05) is 0 Å². The summed E-state index contributed by atoms with van der Waals surface area (Å²) in [5.74, 6) is -0.294. The highest BCUT2D eigenvalue weighted by molar-refractivity contribution is 5.81. The summed E-state index contributed by atoms with van der Waals surface area (Å²) >= 11 is 0. The largest absolute Gasteiger partial charge is 0.467 e. The first-order valence-electron chi connectivity index (χ1n) is 6.32. The fourth-order valence-corrected chi connectivity index (χ4v) is 1.86. The van der Waals surface area contributed by atoms with Gasteiger partial charge in [0.15, 0.2) is 0 Å². The number of furan rings is 1. The fourth-order valence-electron chi connectivity index (χ4n) is 1.86. The third-order valence-electron chi connectivity index (χ3n) is 2.65. The van der Waals surface area contributed by atoms with E-state index in [0.29, 0.717) is 17.1 Å². The molecule has 1 amide bonds. The van der Waals surface area contributed by atoms with E-state index in [4.69, 9.17) is 10.2 Å². The Bertz CT molecular complexity index is 416. The Morgan fingerprint density at radius 3 is 2.55 bits per heavy atom. The standard InChI is InChI=1S/C13H19F3N2O2/c1-9(2)6-11(17)12(19)18(8-13(14,15)16)7-10-4-3-5-20-10/h3-5,9,11H,6-8,17H2,1-2H3/t11-/m1/s1. The van der Waals surface area contributed by atoms with Crippen molar-refractivity contribution in [2.45, 2.75) is 39.0 Å². The Kier molecular flexibility index (Phi) is 5.62. The molecule has 1 atom stereocenters. The maximum absolute atomic E-state index is 12.6. The van der Waals surface area contributed by atoms with E-state index >= 15 is 0 Å². The highest BCUT2D eigenvalue weighted by Crippen LogP contribution is 2.19. The molecule has 0 aromatic carbocycles. The normalized spacial score (nSPS) is 13.6. The van der Waals surface area contributed by atoms with E-state index in [1.54, 1.807) is 6.07 Å². The van der Waals surface area contributed by atoms with Crippen molar-refractivity contribution < 1.29 is 22.4 Å². The summed E-state index contributed by atoms with van der Waals surface area (Å²) in [7, 11) is 0. The van der Waals surface area contributed by atoms with E-state index in [1.165, 1.54) is 12.3 Å². The van der Waals surface area contributed by atoms with Crippen LogP contribution in [0.15, 0.2) is 22.8 Å². The molecule has 0 unspecified atom stereocenters. The van der Waals surface area contributed by atoms with Gasteiger partial charge in [0.1, 0.15) is 12.3 Å². The molecule has 114 valence electrons. The van der Waals surface area contributed by atoms with Gasteiger partial charge >= 0.3 is 6.18 Å². The lowest BCUT2D eigenvalue weighted by Crippen LogP contribution is -2.47. The summed E-state index contributed by atoms with van der Waals surface area (Å²) in [5.41, 5.74) is 5.68. The predicted octanol–water partition coefficient (Wildman–Crippen LogP) is 2.54. The first-order chi connectivity index (χ1) is 9.19. The summed E-state index contributed by atoms with van der Waals surface area (Å²) < 4.78 is 42.7. The Morgan fingerprint density at radius 1 is 1.45 bits per heavy atom. The molecule has 2 N–H and O–H groups in total. The van der Waals surface area contributed by atoms with Gasteiger partial charge in [0.05, 0.1) is 18.8 Å². The number of carbonyl (C=O) groups excluding carboxylic acids is 1. The van der Waals surface area contributed by atoms with E-state index in [-0.39, 0.29) is 12.5 Å². The van der Waals surface area contributed by atoms with Gasteiger partial charge in [0.25, 0.3) is 0 Å². The van der Waals surface area contributed by atoms with Gasteiger partial charge in [-0.3, -0.25) is 4.79 Å². The molecule has 4 nitrogen and oxygen atoms in total. The summed E-state index contributed by atoms with van der Waals surface area (Å²) in [6.45, 7) is 2.14. The summed E-state index contributed by atoms with van der Waals surface area (Å²) in [6, 6.07) is 2.14. The molecule has 0 aliphatic carbocycles. The molecule has 0 aliphatic rings. The SMILES string of the molecule is CC(C)C[C@@H](N)C(=O)N(Cc1ccco1)CC(F)(F)F. The number of nitrogens with two attached hydrogens (primary N) is 1. The molecule has 0 aliphatic heterocycles. The van der Waals surface area contributed by atoms with Crippen LogP contribution in [0, 0.1) is 5.92 Å². The van der Waals surface area contributed by atoms with Crippen LogP contribution in [-0.2, 0) is 11.3 Å². The van der Waals surface area contributed by atoms with Crippen LogP contribution in [0.4, 0.5) is 13.2 Å². The number of alkyl halides is 3. The molecule has 1 aromatic rings. The highest BCUT2D eigenvalue weighted by Gasteiger charge is 2.35. The van der Waals surface area contributed by atoms with Crippen LogP contribution < -0.4 is 5.73 Å². The molecule has 0 saturated heterocycles. The van der Waals surface area contributed by atoms with Crippen LogP contribution >= 0.6 is 0 Å². The molecule has 20 heavy (non-hydrogen) atoms. The van der Waals surface area contributed by atoms with Crippen LogP contribution in [-0.4, -0.2) is 29.6 Å². The molecule has 0 fully saturated rings. The van der Waals surface area contributed by atoms with Crippen molar-refractivity contribution in [1.82, 2.24) is 4.90 Å². The molecule has 7 heteroatoms. The van der Waals surface area contributed by atoms with Crippen LogP contribution in [0.5, 0.6) is 0 Å². The molecule has 1 aromatic heterocycles. The lowest BCUT2D eigenvalue weighted by molar-refractivity contribution is -0.163. The number of hydrogen-bond donors (Lipinski definition) is 1. The van der Waals surface area contributed by atoms with Crippen LogP contribution in [0.3, 0.4) is 0 Å². The van der Waals surface area contributed by atoms with Crippen molar-refractivity contribution in [3.63, 3.8) is 0 Å². The maximum atomic E-state index is 12.6. The first-order valence-corrected chi connectivity index (χ1v) is 6.32. The van der Waals surface area contributed by atoms with Crippen molar-refractivity contribution in [3.8, 4) is 0 Å². The van der Waals surface area contributed by atoms with Gasteiger partial charge in [-0.2, -0.15) is 13.2 Å². The molecular weight excluding hydrogens is 273 g/mol. The van der Waals surface area contributed by atoms with Gasteiger partial charge in [-0.15, -0.1) is 0 Å². The van der Waals surface area contributed by atoms with Crippen molar-refractivity contribution >= 4 is 5.91 Å². The van der Waals surface area contributed by atoms with Crippen LogP contribution in [0.25, 0.3) is 0 Å². The topological polar surface area (TPSA) is 59.5 Å². The smallest absolute Gasteiger partial charge is 0.406 e. The second kappa shape index (κ2) is 6.78. The number of hydrogen-bond acceptors (Lipinski definition) is 3. The van der Waals surface area contributed by atoms with Crippen LogP contribution in [0.1, 0.15) is 26.0 Å². The number of rotatable bonds is 6. The average molecular weight is 292 g/mol. The van der Waals surface area contributed by atoms with Gasteiger partial charge < -0.3 is 15.1 Å².